The Morgan fingerprint density at radius 3 is 2.48 bits per heavy atom. The Hall–Kier alpha value is -2.80. The van der Waals surface area contributed by atoms with Gasteiger partial charge in [0.1, 0.15) is 12.7 Å². The lowest BCUT2D eigenvalue weighted by molar-refractivity contribution is -0.0152. The minimum atomic E-state index is -4.18. The van der Waals surface area contributed by atoms with Crippen molar-refractivity contribution in [2.45, 2.75) is 59.5 Å². The number of hydrogen-bond acceptors (Lipinski definition) is 11. The Morgan fingerprint density at radius 1 is 1.12 bits per heavy atom. The van der Waals surface area contributed by atoms with Crippen molar-refractivity contribution >= 4 is 36.8 Å². The zero-order valence-corrected chi connectivity index (χ0v) is 19.9. The fourth-order valence-corrected chi connectivity index (χ4v) is 3.15. The van der Waals surface area contributed by atoms with Gasteiger partial charge in [-0.1, -0.05) is 0 Å². The quantitative estimate of drug-likeness (QED) is 0.269. The molecule has 14 nitrogen and oxygen atoms in total. The smallest absolute Gasteiger partial charge is 0.447 e. The van der Waals surface area contributed by atoms with E-state index < -0.39 is 45.2 Å². The monoisotopic (exact) mass is 489 g/mol. The molecule has 15 heteroatoms. The molecule has 0 saturated heterocycles. The highest BCUT2D eigenvalue weighted by atomic mass is 31.2. The zero-order valence-electron chi connectivity index (χ0n) is 19.0. The lowest BCUT2D eigenvalue weighted by Gasteiger charge is -2.17. The lowest BCUT2D eigenvalue weighted by Crippen LogP contribution is -2.19. The summed E-state index contributed by atoms with van der Waals surface area (Å²) in [6.07, 6.45) is -0.825. The van der Waals surface area contributed by atoms with Crippen molar-refractivity contribution < 1.29 is 42.5 Å². The van der Waals surface area contributed by atoms with Crippen molar-refractivity contribution in [1.82, 2.24) is 19.5 Å². The van der Waals surface area contributed by atoms with Gasteiger partial charge in [-0.05, 0) is 34.6 Å². The summed E-state index contributed by atoms with van der Waals surface area (Å²) in [5.74, 6) is 0.183. The van der Waals surface area contributed by atoms with Gasteiger partial charge in [0.2, 0.25) is 6.79 Å². The van der Waals surface area contributed by atoms with E-state index in [2.05, 4.69) is 29.5 Å². The Labute approximate surface area is 190 Å². The molecule has 0 fully saturated rings. The molecule has 0 bridgehead atoms. The molecular formula is C18H28N5O9P. The highest BCUT2D eigenvalue weighted by Crippen LogP contribution is 2.42. The second-order valence-electron chi connectivity index (χ2n) is 7.42. The Kier molecular flexibility index (Phi) is 9.53. The number of amides is 1. The molecule has 2 aromatic rings. The third kappa shape index (κ3) is 8.92. The van der Waals surface area contributed by atoms with E-state index in [1.165, 1.54) is 12.7 Å². The number of nitrogens with zero attached hydrogens (tertiary/aromatic N) is 4. The maximum absolute atomic E-state index is 12.0. The van der Waals surface area contributed by atoms with Gasteiger partial charge in [0.25, 0.3) is 0 Å². The predicted octanol–water partition coefficient (Wildman–Crippen LogP) is 2.87. The first kappa shape index (κ1) is 26.5. The first-order valence-electron chi connectivity index (χ1n) is 10.0. The molecule has 2 aromatic heterocycles. The number of carbonyl (C=O) groups is 2. The molecule has 0 spiro atoms. The molecule has 1 amide bonds. The summed E-state index contributed by atoms with van der Waals surface area (Å²) in [7, 11) is -4.18. The minimum Gasteiger partial charge on any atom is -0.447 e. The minimum absolute atomic E-state index is 0.183. The standard InChI is InChI=1S/C18H28N5O9P/c1-11(2)31-17(24)22-15-14-16(20-7-19-15)23(8-21-14)6-13(5)29-10-33(26,27)30-9-28-18(25)32-12(3)4/h7-8,11-13H,6,9-10H2,1-5H3,(H,26,27)(H,19,20,22,24)/t13-/m0/s1. The van der Waals surface area contributed by atoms with E-state index in [-0.39, 0.29) is 18.5 Å². The third-order valence-electron chi connectivity index (χ3n) is 3.70. The van der Waals surface area contributed by atoms with Crippen LogP contribution in [-0.4, -0.2) is 68.1 Å². The lowest BCUT2D eigenvalue weighted by atomic mass is 10.4. The molecule has 2 atom stereocenters. The summed E-state index contributed by atoms with van der Waals surface area (Å²) in [5, 5.41) is 2.52. The molecule has 0 aliphatic carbocycles. The number of ether oxygens (including phenoxy) is 4. The second kappa shape index (κ2) is 11.9. The Morgan fingerprint density at radius 2 is 1.82 bits per heavy atom. The molecule has 0 radical (unpaired) electrons. The second-order valence-corrected chi connectivity index (χ2v) is 9.21. The van der Waals surface area contributed by atoms with Crippen LogP contribution in [0.1, 0.15) is 34.6 Å². The van der Waals surface area contributed by atoms with Crippen LogP contribution in [0, 0.1) is 0 Å². The molecule has 0 aromatic carbocycles. The average Bonchev–Trinajstić information content (AvgIpc) is 3.09. The van der Waals surface area contributed by atoms with Gasteiger partial charge in [0.15, 0.2) is 17.0 Å². The number of rotatable bonds is 11. The molecule has 0 saturated carbocycles. The van der Waals surface area contributed by atoms with Crippen LogP contribution in [0.5, 0.6) is 0 Å². The number of carbonyl (C=O) groups excluding carboxylic acids is 2. The van der Waals surface area contributed by atoms with Crippen molar-refractivity contribution in [3.05, 3.63) is 12.7 Å². The molecule has 0 aliphatic heterocycles. The Balaban J connectivity index is 1.89. The van der Waals surface area contributed by atoms with Crippen LogP contribution >= 0.6 is 7.60 Å². The van der Waals surface area contributed by atoms with E-state index in [1.54, 1.807) is 39.2 Å². The van der Waals surface area contributed by atoms with Crippen LogP contribution in [-0.2, 0) is 34.6 Å². The number of anilines is 1. The number of aromatic nitrogens is 4. The highest BCUT2D eigenvalue weighted by Gasteiger charge is 2.23. The van der Waals surface area contributed by atoms with Gasteiger partial charge in [0.05, 0.1) is 31.2 Å². The van der Waals surface area contributed by atoms with E-state index >= 15 is 0 Å². The van der Waals surface area contributed by atoms with E-state index in [1.807, 2.05) is 0 Å². The number of nitrogens with one attached hydrogen (secondary N) is 1. The number of imidazole rings is 1. The zero-order chi connectivity index (χ0) is 24.6. The molecule has 2 N–H and O–H groups in total. The van der Waals surface area contributed by atoms with Gasteiger partial charge in [-0.15, -0.1) is 0 Å². The van der Waals surface area contributed by atoms with Crippen molar-refractivity contribution in [3.8, 4) is 0 Å². The molecule has 184 valence electrons. The van der Waals surface area contributed by atoms with Gasteiger partial charge >= 0.3 is 19.8 Å². The first-order valence-corrected chi connectivity index (χ1v) is 11.8. The first-order chi connectivity index (χ1) is 15.5. The van der Waals surface area contributed by atoms with Crippen LogP contribution in [0.4, 0.5) is 15.4 Å². The summed E-state index contributed by atoms with van der Waals surface area (Å²) in [6.45, 7) is 7.83. The molecule has 2 rings (SSSR count). The third-order valence-corrected chi connectivity index (χ3v) is 4.69. The van der Waals surface area contributed by atoms with Crippen LogP contribution in [0.25, 0.3) is 11.2 Å². The summed E-state index contributed by atoms with van der Waals surface area (Å²) in [6, 6.07) is 0. The maximum atomic E-state index is 12.0. The van der Waals surface area contributed by atoms with Crippen LogP contribution in [0.3, 0.4) is 0 Å². The van der Waals surface area contributed by atoms with E-state index in [0.717, 1.165) is 0 Å². The van der Waals surface area contributed by atoms with Crippen LogP contribution in [0.2, 0.25) is 0 Å². The van der Waals surface area contributed by atoms with Crippen molar-refractivity contribution in [3.63, 3.8) is 0 Å². The number of fused-ring (bicyclic) bond motifs is 1. The van der Waals surface area contributed by atoms with Gasteiger partial charge in [-0.25, -0.2) is 24.5 Å². The largest absolute Gasteiger partial charge is 0.510 e. The topological polar surface area (TPSA) is 173 Å². The molecular weight excluding hydrogens is 461 g/mol. The summed E-state index contributed by atoms with van der Waals surface area (Å²) in [5.41, 5.74) is 0.757. The van der Waals surface area contributed by atoms with Gasteiger partial charge in [-0.3, -0.25) is 14.4 Å². The number of hydrogen-bond donors (Lipinski definition) is 2. The fourth-order valence-electron chi connectivity index (χ4n) is 2.42. The van der Waals surface area contributed by atoms with E-state index in [9.17, 15) is 19.0 Å². The summed E-state index contributed by atoms with van der Waals surface area (Å²) < 4.78 is 38.1. The predicted molar refractivity (Wildman–Crippen MR) is 114 cm³/mol. The molecule has 1 unspecified atom stereocenters. The normalized spacial score (nSPS) is 14.2. The van der Waals surface area contributed by atoms with Crippen LogP contribution in [0.15, 0.2) is 12.7 Å². The van der Waals surface area contributed by atoms with Crippen molar-refractivity contribution in [2.75, 3.05) is 18.5 Å². The van der Waals surface area contributed by atoms with Gasteiger partial charge in [-0.2, -0.15) is 0 Å². The van der Waals surface area contributed by atoms with E-state index in [0.29, 0.717) is 11.2 Å². The fraction of sp³-hybridized carbons (Fsp3) is 0.611. The molecule has 0 aliphatic rings. The molecule has 2 heterocycles. The van der Waals surface area contributed by atoms with Gasteiger partial charge in [0, 0.05) is 0 Å². The summed E-state index contributed by atoms with van der Waals surface area (Å²) in [4.78, 5) is 45.3. The van der Waals surface area contributed by atoms with Crippen molar-refractivity contribution in [2.24, 2.45) is 0 Å². The molecule has 33 heavy (non-hydrogen) atoms. The van der Waals surface area contributed by atoms with Gasteiger partial charge < -0.3 is 28.4 Å². The average molecular weight is 489 g/mol. The van der Waals surface area contributed by atoms with Crippen LogP contribution < -0.4 is 5.32 Å². The maximum Gasteiger partial charge on any atom is 0.510 e. The summed E-state index contributed by atoms with van der Waals surface area (Å²) >= 11 is 0. The Bertz CT molecular complexity index is 997. The highest BCUT2D eigenvalue weighted by molar-refractivity contribution is 7.52. The van der Waals surface area contributed by atoms with E-state index in [4.69, 9.17) is 14.2 Å². The van der Waals surface area contributed by atoms with Crippen molar-refractivity contribution in [1.29, 1.82) is 0 Å². The SMILES string of the molecule is CC(C)OC(=O)Nc1ncnc2c1ncn2C[C@H](C)OCP(=O)(O)OCOC(=O)OC(C)C.